The largest absolute Gasteiger partial charge is 0.355 e. The lowest BCUT2D eigenvalue weighted by Gasteiger charge is -2.37. The first-order chi connectivity index (χ1) is 14.6. The Balaban J connectivity index is 1.29. The maximum absolute atomic E-state index is 12.9. The van der Waals surface area contributed by atoms with Crippen molar-refractivity contribution in [1.82, 2.24) is 15.2 Å². The minimum Gasteiger partial charge on any atom is -0.355 e. The molecule has 1 aromatic heterocycles. The van der Waals surface area contributed by atoms with E-state index in [1.54, 1.807) is 17.5 Å². The van der Waals surface area contributed by atoms with E-state index in [1.807, 2.05) is 42.5 Å². The molecule has 0 saturated carbocycles. The smallest absolute Gasteiger partial charge is 0.236 e. The number of para-hydroxylation sites is 1. The van der Waals surface area contributed by atoms with Gasteiger partial charge in [0.2, 0.25) is 10.0 Å². The Bertz CT molecular complexity index is 988. The molecule has 1 aromatic carbocycles. The molecule has 0 unspecified atom stereocenters. The summed E-state index contributed by atoms with van der Waals surface area (Å²) in [6, 6.07) is 13.6. The monoisotopic (exact) mass is 428 g/mol. The summed E-state index contributed by atoms with van der Waals surface area (Å²) in [4.78, 5) is 13.2. The molecule has 2 aromatic rings. The van der Waals surface area contributed by atoms with Crippen LogP contribution in [0.15, 0.2) is 53.7 Å². The van der Waals surface area contributed by atoms with Gasteiger partial charge in [-0.05, 0) is 30.2 Å². The molecule has 30 heavy (non-hydrogen) atoms. The maximum Gasteiger partial charge on any atom is 0.236 e. The first kappa shape index (κ1) is 20.5. The second-order valence-corrected chi connectivity index (χ2v) is 9.42. The van der Waals surface area contributed by atoms with Gasteiger partial charge in [-0.15, -0.1) is 0 Å². The van der Waals surface area contributed by atoms with E-state index in [0.29, 0.717) is 13.1 Å². The highest BCUT2D eigenvalue weighted by atomic mass is 32.2. The fourth-order valence-electron chi connectivity index (χ4n) is 4.02. The van der Waals surface area contributed by atoms with E-state index in [-0.39, 0.29) is 5.75 Å². The third kappa shape index (κ3) is 4.35. The Morgan fingerprint density at radius 1 is 1.07 bits per heavy atom. The van der Waals surface area contributed by atoms with E-state index in [9.17, 15) is 8.42 Å². The van der Waals surface area contributed by atoms with Crippen LogP contribution in [-0.4, -0.2) is 76.3 Å². The number of hydrogen-bond donors (Lipinski definition) is 1. The lowest BCUT2D eigenvalue weighted by molar-refractivity contribution is 0.372. The lowest BCUT2D eigenvalue weighted by atomic mass is 10.2. The number of rotatable bonds is 5. The van der Waals surface area contributed by atoms with Crippen LogP contribution in [0.25, 0.3) is 0 Å². The van der Waals surface area contributed by atoms with E-state index in [0.717, 1.165) is 55.6 Å². The van der Waals surface area contributed by atoms with Gasteiger partial charge in [-0.25, -0.2) is 13.4 Å². The molecule has 4 rings (SSSR count). The number of aliphatic imine (C=N–C) groups is 1. The predicted octanol–water partition coefficient (Wildman–Crippen LogP) is 1.17. The van der Waals surface area contributed by atoms with E-state index < -0.39 is 10.0 Å². The molecule has 2 aliphatic heterocycles. The SMILES string of the molecule is CN=C(NCCS(=O)(=O)N1CCc2ccccc21)N1CCN(c2ccccn2)CC1. The van der Waals surface area contributed by atoms with Crippen molar-refractivity contribution < 1.29 is 8.42 Å². The van der Waals surface area contributed by atoms with Gasteiger partial charge in [0, 0.05) is 52.5 Å². The van der Waals surface area contributed by atoms with Crippen LogP contribution < -0.4 is 14.5 Å². The van der Waals surface area contributed by atoms with Crippen molar-refractivity contribution in [2.45, 2.75) is 6.42 Å². The minimum absolute atomic E-state index is 0.0360. The first-order valence-corrected chi connectivity index (χ1v) is 11.9. The fourth-order valence-corrected chi connectivity index (χ4v) is 5.45. The van der Waals surface area contributed by atoms with Crippen molar-refractivity contribution in [1.29, 1.82) is 0 Å². The van der Waals surface area contributed by atoms with Crippen LogP contribution in [0.3, 0.4) is 0 Å². The molecule has 1 saturated heterocycles. The topological polar surface area (TPSA) is 81.1 Å². The molecule has 0 spiro atoms. The number of fused-ring (bicyclic) bond motifs is 1. The number of aromatic nitrogens is 1. The van der Waals surface area contributed by atoms with Gasteiger partial charge in [-0.3, -0.25) is 9.30 Å². The molecule has 8 nitrogen and oxygen atoms in total. The molecule has 2 aliphatic rings. The number of benzene rings is 1. The summed E-state index contributed by atoms with van der Waals surface area (Å²) in [6.07, 6.45) is 2.58. The molecule has 0 aliphatic carbocycles. The van der Waals surface area contributed by atoms with Crippen LogP contribution in [0.2, 0.25) is 0 Å². The number of nitrogens with one attached hydrogen (secondary N) is 1. The van der Waals surface area contributed by atoms with Gasteiger partial charge in [0.25, 0.3) is 0 Å². The van der Waals surface area contributed by atoms with Crippen LogP contribution in [-0.2, 0) is 16.4 Å². The van der Waals surface area contributed by atoms with Gasteiger partial charge >= 0.3 is 0 Å². The molecule has 0 amide bonds. The maximum atomic E-state index is 12.9. The van der Waals surface area contributed by atoms with Gasteiger partial charge in [0.1, 0.15) is 5.82 Å². The average Bonchev–Trinajstić information content (AvgIpc) is 3.23. The number of piperazine rings is 1. The zero-order valence-corrected chi connectivity index (χ0v) is 18.1. The zero-order valence-electron chi connectivity index (χ0n) is 17.2. The molecule has 0 atom stereocenters. The summed E-state index contributed by atoms with van der Waals surface area (Å²) < 4.78 is 27.3. The molecule has 0 radical (unpaired) electrons. The van der Waals surface area contributed by atoms with Gasteiger partial charge in [0.15, 0.2) is 5.96 Å². The van der Waals surface area contributed by atoms with Crippen LogP contribution in [0.1, 0.15) is 5.56 Å². The summed E-state index contributed by atoms with van der Waals surface area (Å²) in [6.45, 7) is 4.16. The molecular formula is C21H28N6O2S. The highest BCUT2D eigenvalue weighted by Crippen LogP contribution is 2.29. The minimum atomic E-state index is -3.37. The Morgan fingerprint density at radius 3 is 2.57 bits per heavy atom. The van der Waals surface area contributed by atoms with E-state index >= 15 is 0 Å². The number of anilines is 2. The molecule has 1 N–H and O–H groups in total. The summed E-state index contributed by atoms with van der Waals surface area (Å²) in [5.74, 6) is 1.76. The van der Waals surface area contributed by atoms with Crippen molar-refractivity contribution in [2.24, 2.45) is 4.99 Å². The van der Waals surface area contributed by atoms with Crippen molar-refractivity contribution in [3.8, 4) is 0 Å². The number of guanidine groups is 1. The van der Waals surface area contributed by atoms with Crippen molar-refractivity contribution >= 4 is 27.5 Å². The standard InChI is InChI=1S/C21H28N6O2S/c1-22-21(26-15-13-25(14-16-26)20-8-4-5-10-23-20)24-11-17-30(28,29)27-12-9-18-6-2-3-7-19(18)27/h2-8,10H,9,11-17H2,1H3,(H,22,24). The summed E-state index contributed by atoms with van der Waals surface area (Å²) >= 11 is 0. The quantitative estimate of drug-likeness (QED) is 0.569. The van der Waals surface area contributed by atoms with Crippen molar-refractivity contribution in [2.75, 3.05) is 61.3 Å². The van der Waals surface area contributed by atoms with E-state index in [1.165, 1.54) is 0 Å². The Hall–Kier alpha value is -2.81. The van der Waals surface area contributed by atoms with Crippen molar-refractivity contribution in [3.05, 3.63) is 54.2 Å². The van der Waals surface area contributed by atoms with E-state index in [2.05, 4.69) is 25.1 Å². The molecule has 1 fully saturated rings. The zero-order chi connectivity index (χ0) is 21.0. The lowest BCUT2D eigenvalue weighted by Crippen LogP contribution is -2.53. The third-order valence-electron chi connectivity index (χ3n) is 5.59. The van der Waals surface area contributed by atoms with Gasteiger partial charge in [-0.1, -0.05) is 24.3 Å². The number of hydrogen-bond acceptors (Lipinski definition) is 5. The number of nitrogens with zero attached hydrogens (tertiary/aromatic N) is 5. The normalized spacial score (nSPS) is 17.2. The predicted molar refractivity (Wildman–Crippen MR) is 121 cm³/mol. The molecule has 9 heteroatoms. The fraction of sp³-hybridized carbons (Fsp3) is 0.429. The van der Waals surface area contributed by atoms with E-state index in [4.69, 9.17) is 0 Å². The van der Waals surface area contributed by atoms with Gasteiger partial charge < -0.3 is 15.1 Å². The van der Waals surface area contributed by atoms with Crippen LogP contribution in [0, 0.1) is 0 Å². The number of sulfonamides is 1. The number of pyridine rings is 1. The highest BCUT2D eigenvalue weighted by Gasteiger charge is 2.29. The Kier molecular flexibility index (Phi) is 6.08. The van der Waals surface area contributed by atoms with Gasteiger partial charge in [-0.2, -0.15) is 0 Å². The molecule has 0 bridgehead atoms. The Labute approximate surface area is 178 Å². The summed E-state index contributed by atoms with van der Waals surface area (Å²) in [7, 11) is -1.64. The summed E-state index contributed by atoms with van der Waals surface area (Å²) in [5, 5.41) is 3.23. The van der Waals surface area contributed by atoms with Crippen LogP contribution >= 0.6 is 0 Å². The summed E-state index contributed by atoms with van der Waals surface area (Å²) in [5.41, 5.74) is 1.91. The second-order valence-electron chi connectivity index (χ2n) is 7.40. The highest BCUT2D eigenvalue weighted by molar-refractivity contribution is 7.92. The molecule has 3 heterocycles. The average molecular weight is 429 g/mol. The second kappa shape index (κ2) is 8.91. The first-order valence-electron chi connectivity index (χ1n) is 10.3. The molecule has 160 valence electrons. The van der Waals surface area contributed by atoms with Crippen molar-refractivity contribution in [3.63, 3.8) is 0 Å². The molecular weight excluding hydrogens is 400 g/mol. The van der Waals surface area contributed by atoms with Crippen LogP contribution in [0.4, 0.5) is 11.5 Å². The van der Waals surface area contributed by atoms with Crippen LogP contribution in [0.5, 0.6) is 0 Å². The van der Waals surface area contributed by atoms with Gasteiger partial charge in [0.05, 0.1) is 11.4 Å². The Morgan fingerprint density at radius 2 is 1.83 bits per heavy atom. The third-order valence-corrected chi connectivity index (χ3v) is 7.36.